The number of nitrogens with one attached hydrogen (secondary N) is 1. The van der Waals surface area contributed by atoms with Crippen molar-refractivity contribution < 1.29 is 18.0 Å². The zero-order valence-corrected chi connectivity index (χ0v) is 23.3. The Morgan fingerprint density at radius 1 is 1.09 bits per heavy atom. The van der Waals surface area contributed by atoms with Crippen molar-refractivity contribution in [2.45, 2.75) is 45.8 Å². The van der Waals surface area contributed by atoms with Gasteiger partial charge in [0.1, 0.15) is 12.6 Å². The van der Waals surface area contributed by atoms with Crippen LogP contribution >= 0.6 is 39.1 Å². The largest absolute Gasteiger partial charge is 0.352 e. The number of sulfonamides is 1. The van der Waals surface area contributed by atoms with E-state index in [0.717, 1.165) is 10.6 Å². The standard InChI is InChI=1S/C23H28BrCl2N3O4S/c1-5-20(23(31)27-15(2)3)28(13-16-10-11-18(25)19(26)12-16)22(30)14-29(34(4,32)33)21-9-7-6-8-17(21)24/h6-12,15,20H,5,13-14H2,1-4H3,(H,27,31)/t20-/m0/s1. The summed E-state index contributed by atoms with van der Waals surface area (Å²) >= 11 is 15.5. The lowest BCUT2D eigenvalue weighted by Crippen LogP contribution is -2.53. The van der Waals surface area contributed by atoms with Gasteiger partial charge in [-0.1, -0.05) is 48.3 Å². The fourth-order valence-corrected chi connectivity index (χ4v) is 5.18. The van der Waals surface area contributed by atoms with Gasteiger partial charge in [0.2, 0.25) is 21.8 Å². The molecule has 0 radical (unpaired) electrons. The Morgan fingerprint density at radius 3 is 2.26 bits per heavy atom. The van der Waals surface area contributed by atoms with Gasteiger partial charge in [0.05, 0.1) is 22.0 Å². The number of benzene rings is 2. The van der Waals surface area contributed by atoms with Crippen LogP contribution in [-0.2, 0) is 26.2 Å². The highest BCUT2D eigenvalue weighted by Gasteiger charge is 2.32. The predicted molar refractivity (Wildman–Crippen MR) is 141 cm³/mol. The molecule has 2 rings (SSSR count). The summed E-state index contributed by atoms with van der Waals surface area (Å²) < 4.78 is 26.8. The monoisotopic (exact) mass is 591 g/mol. The Morgan fingerprint density at radius 2 is 1.74 bits per heavy atom. The van der Waals surface area contributed by atoms with Gasteiger partial charge in [0.15, 0.2) is 0 Å². The van der Waals surface area contributed by atoms with Gasteiger partial charge in [0.25, 0.3) is 0 Å². The summed E-state index contributed by atoms with van der Waals surface area (Å²) in [7, 11) is -3.81. The minimum absolute atomic E-state index is 0.0489. The molecule has 0 fully saturated rings. The average Bonchev–Trinajstić information content (AvgIpc) is 2.73. The van der Waals surface area contributed by atoms with Gasteiger partial charge < -0.3 is 10.2 Å². The lowest BCUT2D eigenvalue weighted by molar-refractivity contribution is -0.140. The zero-order chi connectivity index (χ0) is 25.6. The van der Waals surface area contributed by atoms with Crippen LogP contribution < -0.4 is 9.62 Å². The molecular formula is C23H28BrCl2N3O4S. The van der Waals surface area contributed by atoms with Gasteiger partial charge in [0, 0.05) is 17.1 Å². The van der Waals surface area contributed by atoms with E-state index in [4.69, 9.17) is 23.2 Å². The maximum Gasteiger partial charge on any atom is 0.244 e. The second kappa shape index (κ2) is 12.2. The molecule has 2 amide bonds. The molecule has 1 N–H and O–H groups in total. The van der Waals surface area contributed by atoms with E-state index >= 15 is 0 Å². The molecule has 0 unspecified atom stereocenters. The zero-order valence-electron chi connectivity index (χ0n) is 19.4. The SMILES string of the molecule is CC[C@@H](C(=O)NC(C)C)N(Cc1ccc(Cl)c(Cl)c1)C(=O)CN(c1ccccc1Br)S(C)(=O)=O. The van der Waals surface area contributed by atoms with E-state index in [1.165, 1.54) is 4.90 Å². The van der Waals surface area contributed by atoms with Crippen molar-refractivity contribution in [3.63, 3.8) is 0 Å². The van der Waals surface area contributed by atoms with E-state index in [0.29, 0.717) is 32.2 Å². The van der Waals surface area contributed by atoms with E-state index < -0.39 is 28.5 Å². The molecule has 0 aliphatic carbocycles. The van der Waals surface area contributed by atoms with Crippen LogP contribution in [0.25, 0.3) is 0 Å². The van der Waals surface area contributed by atoms with Crippen molar-refractivity contribution in [2.75, 3.05) is 17.1 Å². The van der Waals surface area contributed by atoms with Crippen molar-refractivity contribution in [1.29, 1.82) is 0 Å². The normalized spacial score (nSPS) is 12.4. The lowest BCUT2D eigenvalue weighted by atomic mass is 10.1. The maximum absolute atomic E-state index is 13.6. The summed E-state index contributed by atoms with van der Waals surface area (Å²) in [6.07, 6.45) is 1.37. The van der Waals surface area contributed by atoms with Crippen LogP contribution in [-0.4, -0.2) is 50.0 Å². The number of hydrogen-bond acceptors (Lipinski definition) is 4. The quantitative estimate of drug-likeness (QED) is 0.427. The second-order valence-electron chi connectivity index (χ2n) is 8.08. The molecule has 0 aliphatic rings. The number of halogens is 3. The van der Waals surface area contributed by atoms with Crippen LogP contribution in [0.2, 0.25) is 10.0 Å². The summed E-state index contributed by atoms with van der Waals surface area (Å²) in [6.45, 7) is 5.02. The molecule has 2 aromatic carbocycles. The molecule has 0 aliphatic heterocycles. The summed E-state index contributed by atoms with van der Waals surface area (Å²) in [6, 6.07) is 10.7. The summed E-state index contributed by atoms with van der Waals surface area (Å²) in [5.41, 5.74) is 0.984. The summed E-state index contributed by atoms with van der Waals surface area (Å²) in [5, 5.41) is 3.52. The first-order chi connectivity index (χ1) is 15.8. The topological polar surface area (TPSA) is 86.8 Å². The highest BCUT2D eigenvalue weighted by Crippen LogP contribution is 2.28. The Balaban J connectivity index is 2.48. The Kier molecular flexibility index (Phi) is 10.2. The predicted octanol–water partition coefficient (Wildman–Crippen LogP) is 4.85. The first kappa shape index (κ1) is 28.4. The number of amides is 2. The number of anilines is 1. The fraction of sp³-hybridized carbons (Fsp3) is 0.391. The van der Waals surface area contributed by atoms with E-state index in [1.807, 2.05) is 13.8 Å². The first-order valence-corrected chi connectivity index (χ1v) is 14.0. The van der Waals surface area contributed by atoms with Gasteiger partial charge >= 0.3 is 0 Å². The third kappa shape index (κ3) is 7.60. The van der Waals surface area contributed by atoms with Crippen LogP contribution in [0.4, 0.5) is 5.69 Å². The Hall–Kier alpha value is -1.81. The molecular weight excluding hydrogens is 565 g/mol. The molecule has 0 spiro atoms. The van der Waals surface area contributed by atoms with Crippen molar-refractivity contribution in [3.8, 4) is 0 Å². The third-order valence-corrected chi connectivity index (χ3v) is 7.49. The minimum atomic E-state index is -3.81. The molecule has 0 aromatic heterocycles. The molecule has 34 heavy (non-hydrogen) atoms. The molecule has 1 atom stereocenters. The number of rotatable bonds is 10. The second-order valence-corrected chi connectivity index (χ2v) is 11.7. The number of nitrogens with zero attached hydrogens (tertiary/aromatic N) is 2. The van der Waals surface area contributed by atoms with Gasteiger partial charge in [-0.15, -0.1) is 0 Å². The van der Waals surface area contributed by atoms with Gasteiger partial charge in [-0.3, -0.25) is 13.9 Å². The van der Waals surface area contributed by atoms with E-state index in [2.05, 4.69) is 21.2 Å². The Labute approximate surface area is 219 Å². The van der Waals surface area contributed by atoms with E-state index in [1.54, 1.807) is 49.4 Å². The number of carbonyl (C=O) groups excluding carboxylic acids is 2. The van der Waals surface area contributed by atoms with Crippen LogP contribution in [0.5, 0.6) is 0 Å². The van der Waals surface area contributed by atoms with Crippen LogP contribution in [0.3, 0.4) is 0 Å². The molecule has 0 heterocycles. The summed E-state index contributed by atoms with van der Waals surface area (Å²) in [5.74, 6) is -0.851. The van der Waals surface area contributed by atoms with Gasteiger partial charge in [-0.25, -0.2) is 8.42 Å². The maximum atomic E-state index is 13.6. The number of hydrogen-bond donors (Lipinski definition) is 1. The highest BCUT2D eigenvalue weighted by molar-refractivity contribution is 9.10. The van der Waals surface area contributed by atoms with Crippen LogP contribution in [0.1, 0.15) is 32.8 Å². The van der Waals surface area contributed by atoms with Gasteiger partial charge in [-0.2, -0.15) is 0 Å². The fourth-order valence-electron chi connectivity index (χ4n) is 3.38. The van der Waals surface area contributed by atoms with Gasteiger partial charge in [-0.05, 0) is 66.0 Å². The van der Waals surface area contributed by atoms with E-state index in [-0.39, 0.29) is 18.5 Å². The smallest absolute Gasteiger partial charge is 0.244 e. The molecule has 186 valence electrons. The van der Waals surface area contributed by atoms with Crippen LogP contribution in [0.15, 0.2) is 46.9 Å². The number of carbonyl (C=O) groups is 2. The molecule has 7 nitrogen and oxygen atoms in total. The van der Waals surface area contributed by atoms with Crippen molar-refractivity contribution in [1.82, 2.24) is 10.2 Å². The van der Waals surface area contributed by atoms with Crippen molar-refractivity contribution in [3.05, 3.63) is 62.5 Å². The Bertz CT molecular complexity index is 1140. The third-order valence-electron chi connectivity index (χ3n) is 4.95. The molecule has 0 saturated heterocycles. The molecule has 0 saturated carbocycles. The minimum Gasteiger partial charge on any atom is -0.352 e. The van der Waals surface area contributed by atoms with Crippen molar-refractivity contribution in [2.24, 2.45) is 0 Å². The molecule has 2 aromatic rings. The number of para-hydroxylation sites is 1. The first-order valence-electron chi connectivity index (χ1n) is 10.6. The van der Waals surface area contributed by atoms with Crippen LogP contribution in [0, 0.1) is 0 Å². The van der Waals surface area contributed by atoms with E-state index in [9.17, 15) is 18.0 Å². The molecule has 0 bridgehead atoms. The van der Waals surface area contributed by atoms with Crippen molar-refractivity contribution >= 4 is 66.7 Å². The highest BCUT2D eigenvalue weighted by atomic mass is 79.9. The molecule has 11 heteroatoms. The summed E-state index contributed by atoms with van der Waals surface area (Å²) in [4.78, 5) is 27.9. The lowest BCUT2D eigenvalue weighted by Gasteiger charge is -2.33. The average molecular weight is 593 g/mol.